The summed E-state index contributed by atoms with van der Waals surface area (Å²) < 4.78 is 3.37. The van der Waals surface area contributed by atoms with E-state index in [-0.39, 0.29) is 0 Å². The molecule has 3 nitrogen and oxygen atoms in total. The van der Waals surface area contributed by atoms with Gasteiger partial charge in [0.1, 0.15) is 0 Å². The number of fused-ring (bicyclic) bond motifs is 1. The first-order valence-electron chi connectivity index (χ1n) is 5.98. The number of benzene rings is 1. The van der Waals surface area contributed by atoms with E-state index >= 15 is 0 Å². The highest BCUT2D eigenvalue weighted by molar-refractivity contribution is 7.17. The minimum atomic E-state index is 0.647. The van der Waals surface area contributed by atoms with Crippen LogP contribution in [0.25, 0.3) is 21.3 Å². The van der Waals surface area contributed by atoms with Crippen LogP contribution < -0.4 is 5.73 Å². The van der Waals surface area contributed by atoms with Crippen LogP contribution in [0.1, 0.15) is 5.69 Å². The summed E-state index contributed by atoms with van der Waals surface area (Å²) in [7, 11) is 2.02. The Morgan fingerprint density at radius 1 is 1.33 bits per heavy atom. The summed E-state index contributed by atoms with van der Waals surface area (Å²) in [5.74, 6) is 0. The molecule has 0 unspecified atom stereocenters. The molecule has 2 N–H and O–H groups in total. The van der Waals surface area contributed by atoms with E-state index in [4.69, 9.17) is 5.73 Å². The molecule has 4 heteroatoms. The topological polar surface area (TPSA) is 43.8 Å². The number of aromatic nitrogens is 2. The third-order valence-electron chi connectivity index (χ3n) is 3.18. The second kappa shape index (κ2) is 4.55. The Labute approximate surface area is 110 Å². The SMILES string of the molecule is Cn1cnc(-c2csc3ccccc23)c1CCN. The van der Waals surface area contributed by atoms with Crippen LogP contribution in [-0.2, 0) is 13.5 Å². The molecule has 0 saturated carbocycles. The van der Waals surface area contributed by atoms with Gasteiger partial charge in [-0.1, -0.05) is 18.2 Å². The summed E-state index contributed by atoms with van der Waals surface area (Å²) in [6.45, 7) is 0.647. The zero-order valence-electron chi connectivity index (χ0n) is 10.3. The van der Waals surface area contributed by atoms with Gasteiger partial charge in [0.25, 0.3) is 0 Å². The van der Waals surface area contributed by atoms with E-state index in [1.54, 1.807) is 11.3 Å². The van der Waals surface area contributed by atoms with Gasteiger partial charge in [-0.3, -0.25) is 0 Å². The molecule has 0 bridgehead atoms. The molecule has 3 aromatic rings. The fourth-order valence-electron chi connectivity index (χ4n) is 2.27. The molecule has 0 aliphatic carbocycles. The van der Waals surface area contributed by atoms with Gasteiger partial charge in [0.2, 0.25) is 0 Å². The van der Waals surface area contributed by atoms with Gasteiger partial charge >= 0.3 is 0 Å². The van der Waals surface area contributed by atoms with Gasteiger partial charge in [-0.2, -0.15) is 0 Å². The predicted octanol–water partition coefficient (Wildman–Crippen LogP) is 2.80. The Hall–Kier alpha value is -1.65. The zero-order valence-corrected chi connectivity index (χ0v) is 11.1. The number of nitrogens with zero attached hydrogens (tertiary/aromatic N) is 2. The van der Waals surface area contributed by atoms with Crippen molar-refractivity contribution in [1.29, 1.82) is 0 Å². The first-order valence-corrected chi connectivity index (χ1v) is 6.86. The minimum Gasteiger partial charge on any atom is -0.337 e. The Morgan fingerprint density at radius 2 is 2.17 bits per heavy atom. The molecule has 0 aliphatic rings. The van der Waals surface area contributed by atoms with Crippen LogP contribution in [0.2, 0.25) is 0 Å². The second-order valence-corrected chi connectivity index (χ2v) is 5.25. The van der Waals surface area contributed by atoms with Crippen LogP contribution in [0.3, 0.4) is 0 Å². The standard InChI is InChI=1S/C14H15N3S/c1-17-9-16-14(12(17)6-7-15)11-8-18-13-5-3-2-4-10(11)13/h2-5,8-9H,6-7,15H2,1H3. The maximum absolute atomic E-state index is 5.69. The maximum Gasteiger partial charge on any atom is 0.0953 e. The van der Waals surface area contributed by atoms with E-state index in [1.165, 1.54) is 21.3 Å². The molecule has 92 valence electrons. The van der Waals surface area contributed by atoms with Gasteiger partial charge in [0.05, 0.1) is 12.0 Å². The quantitative estimate of drug-likeness (QED) is 0.784. The van der Waals surface area contributed by atoms with Crippen molar-refractivity contribution in [3.8, 4) is 11.3 Å². The Kier molecular flexibility index (Phi) is 2.89. The molecule has 0 radical (unpaired) electrons. The number of rotatable bonds is 3. The van der Waals surface area contributed by atoms with Crippen molar-refractivity contribution in [3.05, 3.63) is 41.7 Å². The fourth-order valence-corrected chi connectivity index (χ4v) is 3.22. The van der Waals surface area contributed by atoms with Crippen LogP contribution in [0, 0.1) is 0 Å². The van der Waals surface area contributed by atoms with Crippen molar-refractivity contribution in [2.45, 2.75) is 6.42 Å². The number of aryl methyl sites for hydroxylation is 1. The molecular weight excluding hydrogens is 242 g/mol. The van der Waals surface area contributed by atoms with E-state index in [1.807, 2.05) is 13.4 Å². The normalized spacial score (nSPS) is 11.2. The summed E-state index contributed by atoms with van der Waals surface area (Å²) >= 11 is 1.76. The average molecular weight is 257 g/mol. The average Bonchev–Trinajstić information content (AvgIpc) is 2.95. The van der Waals surface area contributed by atoms with Gasteiger partial charge in [-0.05, 0) is 12.6 Å². The molecule has 0 spiro atoms. The van der Waals surface area contributed by atoms with Gasteiger partial charge < -0.3 is 10.3 Å². The third kappa shape index (κ3) is 1.74. The molecule has 2 aromatic heterocycles. The van der Waals surface area contributed by atoms with E-state index in [9.17, 15) is 0 Å². The van der Waals surface area contributed by atoms with Crippen molar-refractivity contribution >= 4 is 21.4 Å². The first-order chi connectivity index (χ1) is 8.81. The molecule has 0 saturated heterocycles. The van der Waals surface area contributed by atoms with Crippen LogP contribution in [-0.4, -0.2) is 16.1 Å². The van der Waals surface area contributed by atoms with Crippen molar-refractivity contribution in [3.63, 3.8) is 0 Å². The number of thiophene rings is 1. The summed E-state index contributed by atoms with van der Waals surface area (Å²) in [4.78, 5) is 4.54. The third-order valence-corrected chi connectivity index (χ3v) is 4.14. The lowest BCUT2D eigenvalue weighted by Gasteiger charge is -2.03. The summed E-state index contributed by atoms with van der Waals surface area (Å²) in [6, 6.07) is 8.45. The lowest BCUT2D eigenvalue weighted by molar-refractivity contribution is 0.805. The Balaban J connectivity index is 2.20. The van der Waals surface area contributed by atoms with Crippen molar-refractivity contribution in [2.75, 3.05) is 6.54 Å². The highest BCUT2D eigenvalue weighted by atomic mass is 32.1. The van der Waals surface area contributed by atoms with Crippen LogP contribution in [0.4, 0.5) is 0 Å². The van der Waals surface area contributed by atoms with Crippen molar-refractivity contribution < 1.29 is 0 Å². The van der Waals surface area contributed by atoms with Gasteiger partial charge in [-0.25, -0.2) is 4.98 Å². The second-order valence-electron chi connectivity index (χ2n) is 4.33. The zero-order chi connectivity index (χ0) is 12.5. The molecular formula is C14H15N3S. The Bertz CT molecular complexity index is 681. The van der Waals surface area contributed by atoms with Gasteiger partial charge in [-0.15, -0.1) is 11.3 Å². The molecule has 0 aliphatic heterocycles. The van der Waals surface area contributed by atoms with Crippen LogP contribution >= 0.6 is 11.3 Å². The summed E-state index contributed by atoms with van der Waals surface area (Å²) in [6.07, 6.45) is 2.72. The molecule has 18 heavy (non-hydrogen) atoms. The van der Waals surface area contributed by atoms with Crippen LogP contribution in [0.15, 0.2) is 36.0 Å². The largest absolute Gasteiger partial charge is 0.337 e. The lowest BCUT2D eigenvalue weighted by atomic mass is 10.1. The monoisotopic (exact) mass is 257 g/mol. The minimum absolute atomic E-state index is 0.647. The first kappa shape index (κ1) is 11.4. The molecule has 0 atom stereocenters. The van der Waals surface area contributed by atoms with Gasteiger partial charge in [0, 0.05) is 40.2 Å². The van der Waals surface area contributed by atoms with E-state index in [0.29, 0.717) is 6.54 Å². The van der Waals surface area contributed by atoms with E-state index in [2.05, 4.69) is 39.2 Å². The molecule has 3 rings (SSSR count). The maximum atomic E-state index is 5.69. The smallest absolute Gasteiger partial charge is 0.0953 e. The summed E-state index contributed by atoms with van der Waals surface area (Å²) in [5.41, 5.74) is 9.19. The van der Waals surface area contributed by atoms with E-state index < -0.39 is 0 Å². The molecule has 2 heterocycles. The highest BCUT2D eigenvalue weighted by Gasteiger charge is 2.14. The molecule has 0 fully saturated rings. The van der Waals surface area contributed by atoms with Crippen LogP contribution in [0.5, 0.6) is 0 Å². The molecule has 0 amide bonds. The van der Waals surface area contributed by atoms with Crippen molar-refractivity contribution in [1.82, 2.24) is 9.55 Å². The van der Waals surface area contributed by atoms with E-state index in [0.717, 1.165) is 12.1 Å². The number of hydrogen-bond donors (Lipinski definition) is 1. The fraction of sp³-hybridized carbons (Fsp3) is 0.214. The Morgan fingerprint density at radius 3 is 3.00 bits per heavy atom. The number of hydrogen-bond acceptors (Lipinski definition) is 3. The lowest BCUT2D eigenvalue weighted by Crippen LogP contribution is -2.07. The molecule has 1 aromatic carbocycles. The highest BCUT2D eigenvalue weighted by Crippen LogP contribution is 2.34. The summed E-state index contributed by atoms with van der Waals surface area (Å²) in [5, 5.41) is 3.46. The predicted molar refractivity (Wildman–Crippen MR) is 76.8 cm³/mol. The van der Waals surface area contributed by atoms with Gasteiger partial charge in [0.15, 0.2) is 0 Å². The van der Waals surface area contributed by atoms with Crippen molar-refractivity contribution in [2.24, 2.45) is 12.8 Å². The number of imidazole rings is 1. The number of nitrogens with two attached hydrogens (primary N) is 1.